The minimum atomic E-state index is -1.16. The summed E-state index contributed by atoms with van der Waals surface area (Å²) in [6, 6.07) is 0.369. The standard InChI is InChI=1S/C11H12ClN3O4/c1-14-4-6(12)2-7(14)10(17)15-5-9(16)13-3-8(15)11(18)19/h2,4,8H,3,5H2,1H3,(H,13,16)(H,18,19). The van der Waals surface area contributed by atoms with Crippen LogP contribution in [0.15, 0.2) is 12.3 Å². The molecule has 102 valence electrons. The van der Waals surface area contributed by atoms with Gasteiger partial charge < -0.3 is 19.9 Å². The van der Waals surface area contributed by atoms with Gasteiger partial charge in [0.05, 0.1) is 5.02 Å². The van der Waals surface area contributed by atoms with Crippen LogP contribution in [0.1, 0.15) is 10.5 Å². The van der Waals surface area contributed by atoms with Crippen molar-refractivity contribution < 1.29 is 19.5 Å². The Morgan fingerprint density at radius 3 is 2.74 bits per heavy atom. The Labute approximate surface area is 113 Å². The third kappa shape index (κ3) is 2.55. The molecular weight excluding hydrogens is 274 g/mol. The van der Waals surface area contributed by atoms with Crippen LogP contribution in [0.5, 0.6) is 0 Å². The second kappa shape index (κ2) is 4.93. The lowest BCUT2D eigenvalue weighted by atomic mass is 10.1. The molecule has 1 saturated heterocycles. The van der Waals surface area contributed by atoms with Crippen molar-refractivity contribution in [2.45, 2.75) is 6.04 Å². The highest BCUT2D eigenvalue weighted by Gasteiger charge is 2.36. The van der Waals surface area contributed by atoms with E-state index >= 15 is 0 Å². The predicted octanol–water partition coefficient (Wildman–Crippen LogP) is -0.296. The quantitative estimate of drug-likeness (QED) is 0.781. The number of nitrogens with one attached hydrogen (secondary N) is 1. The highest BCUT2D eigenvalue weighted by Crippen LogP contribution is 2.17. The van der Waals surface area contributed by atoms with Crippen LogP contribution in [-0.4, -0.2) is 51.5 Å². The summed E-state index contributed by atoms with van der Waals surface area (Å²) in [5.41, 5.74) is 0.242. The lowest BCUT2D eigenvalue weighted by Gasteiger charge is -2.32. The summed E-state index contributed by atoms with van der Waals surface area (Å²) in [5.74, 6) is -2.07. The predicted molar refractivity (Wildman–Crippen MR) is 65.9 cm³/mol. The molecule has 1 atom stereocenters. The van der Waals surface area contributed by atoms with E-state index in [1.165, 1.54) is 16.8 Å². The maximum absolute atomic E-state index is 12.3. The van der Waals surface area contributed by atoms with E-state index in [0.717, 1.165) is 4.90 Å². The largest absolute Gasteiger partial charge is 0.480 e. The Morgan fingerprint density at radius 2 is 2.21 bits per heavy atom. The van der Waals surface area contributed by atoms with Gasteiger partial charge in [-0.05, 0) is 6.07 Å². The molecule has 0 aromatic carbocycles. The molecule has 0 spiro atoms. The smallest absolute Gasteiger partial charge is 0.328 e. The minimum absolute atomic E-state index is 0.0991. The molecule has 2 N–H and O–H groups in total. The monoisotopic (exact) mass is 285 g/mol. The number of aliphatic carboxylic acids is 1. The molecule has 2 heterocycles. The van der Waals surface area contributed by atoms with Crippen molar-refractivity contribution in [3.05, 3.63) is 23.0 Å². The van der Waals surface area contributed by atoms with Crippen LogP contribution >= 0.6 is 11.6 Å². The summed E-state index contributed by atoms with van der Waals surface area (Å²) in [4.78, 5) is 35.8. The van der Waals surface area contributed by atoms with Gasteiger partial charge in [-0.1, -0.05) is 11.6 Å². The number of aromatic nitrogens is 1. The van der Waals surface area contributed by atoms with Gasteiger partial charge in [0.2, 0.25) is 5.91 Å². The van der Waals surface area contributed by atoms with Crippen molar-refractivity contribution in [3.63, 3.8) is 0 Å². The number of nitrogens with zero attached hydrogens (tertiary/aromatic N) is 2. The number of halogens is 1. The topological polar surface area (TPSA) is 91.6 Å². The fourth-order valence-electron chi connectivity index (χ4n) is 1.96. The van der Waals surface area contributed by atoms with Crippen molar-refractivity contribution in [2.75, 3.05) is 13.1 Å². The summed E-state index contributed by atoms with van der Waals surface area (Å²) in [6.45, 7) is -0.378. The van der Waals surface area contributed by atoms with E-state index in [-0.39, 0.29) is 24.7 Å². The number of carbonyl (C=O) groups excluding carboxylic acids is 2. The maximum Gasteiger partial charge on any atom is 0.328 e. The normalized spacial score (nSPS) is 19.2. The molecule has 1 fully saturated rings. The number of hydrogen-bond donors (Lipinski definition) is 2. The molecular formula is C11H12ClN3O4. The van der Waals surface area contributed by atoms with Crippen LogP contribution in [-0.2, 0) is 16.6 Å². The zero-order valence-electron chi connectivity index (χ0n) is 10.1. The van der Waals surface area contributed by atoms with E-state index in [0.29, 0.717) is 5.02 Å². The van der Waals surface area contributed by atoms with E-state index in [1.54, 1.807) is 7.05 Å². The zero-order chi connectivity index (χ0) is 14.2. The van der Waals surface area contributed by atoms with Crippen molar-refractivity contribution in [1.82, 2.24) is 14.8 Å². The maximum atomic E-state index is 12.3. The van der Waals surface area contributed by atoms with Gasteiger partial charge in [0.1, 0.15) is 18.3 Å². The lowest BCUT2D eigenvalue weighted by molar-refractivity contribution is -0.144. The molecule has 0 bridgehead atoms. The first-order valence-electron chi connectivity index (χ1n) is 5.52. The fraction of sp³-hybridized carbons (Fsp3) is 0.364. The molecule has 1 unspecified atom stereocenters. The summed E-state index contributed by atoms with van der Waals surface area (Å²) in [7, 11) is 1.62. The van der Waals surface area contributed by atoms with Crippen LogP contribution in [0.2, 0.25) is 5.02 Å². The minimum Gasteiger partial charge on any atom is -0.480 e. The van der Waals surface area contributed by atoms with Gasteiger partial charge in [-0.2, -0.15) is 0 Å². The summed E-state index contributed by atoms with van der Waals surface area (Å²) >= 11 is 5.79. The van der Waals surface area contributed by atoms with E-state index in [4.69, 9.17) is 16.7 Å². The second-order valence-electron chi connectivity index (χ2n) is 4.25. The number of amides is 2. The molecule has 1 aromatic rings. The number of aryl methyl sites for hydroxylation is 1. The van der Waals surface area contributed by atoms with E-state index in [9.17, 15) is 14.4 Å². The van der Waals surface area contributed by atoms with Gasteiger partial charge in [0.15, 0.2) is 0 Å². The van der Waals surface area contributed by atoms with E-state index in [1.807, 2.05) is 0 Å². The van der Waals surface area contributed by atoms with Gasteiger partial charge in [-0.3, -0.25) is 9.59 Å². The Balaban J connectivity index is 2.31. The molecule has 19 heavy (non-hydrogen) atoms. The molecule has 1 aliphatic heterocycles. The lowest BCUT2D eigenvalue weighted by Crippen LogP contribution is -2.59. The van der Waals surface area contributed by atoms with Crippen LogP contribution in [0.4, 0.5) is 0 Å². The Hall–Kier alpha value is -2.02. The van der Waals surface area contributed by atoms with Crippen LogP contribution in [0.25, 0.3) is 0 Å². The molecule has 2 rings (SSSR count). The zero-order valence-corrected chi connectivity index (χ0v) is 10.8. The van der Waals surface area contributed by atoms with E-state index < -0.39 is 17.9 Å². The Morgan fingerprint density at radius 1 is 1.53 bits per heavy atom. The van der Waals surface area contributed by atoms with Crippen molar-refractivity contribution >= 4 is 29.4 Å². The first-order valence-corrected chi connectivity index (χ1v) is 5.90. The van der Waals surface area contributed by atoms with Crippen LogP contribution < -0.4 is 5.32 Å². The molecule has 0 aliphatic carbocycles. The Kier molecular flexibility index (Phi) is 3.48. The van der Waals surface area contributed by atoms with E-state index in [2.05, 4.69) is 5.32 Å². The molecule has 2 amide bonds. The van der Waals surface area contributed by atoms with Gasteiger partial charge in [-0.25, -0.2) is 4.79 Å². The third-order valence-electron chi connectivity index (χ3n) is 2.92. The summed E-state index contributed by atoms with van der Waals surface area (Å²) in [6.07, 6.45) is 1.54. The second-order valence-corrected chi connectivity index (χ2v) is 4.68. The van der Waals surface area contributed by atoms with Crippen LogP contribution in [0.3, 0.4) is 0 Å². The SMILES string of the molecule is Cn1cc(Cl)cc1C(=O)N1CC(=O)NCC1C(=O)O. The fourth-order valence-corrected chi connectivity index (χ4v) is 2.21. The highest BCUT2D eigenvalue weighted by molar-refractivity contribution is 6.31. The molecule has 7 nitrogen and oxygen atoms in total. The third-order valence-corrected chi connectivity index (χ3v) is 3.13. The van der Waals surface area contributed by atoms with Crippen LogP contribution in [0, 0.1) is 0 Å². The number of carboxylic acid groups (broad SMARTS) is 1. The molecule has 1 aliphatic rings. The first kappa shape index (κ1) is 13.4. The number of piperazine rings is 1. The average Bonchev–Trinajstić information content (AvgIpc) is 2.67. The number of hydrogen-bond acceptors (Lipinski definition) is 3. The summed E-state index contributed by atoms with van der Waals surface area (Å²) < 4.78 is 1.50. The van der Waals surface area contributed by atoms with Gasteiger partial charge >= 0.3 is 5.97 Å². The number of carboxylic acids is 1. The first-order chi connectivity index (χ1) is 8.90. The number of carbonyl (C=O) groups is 3. The van der Waals surface area contributed by atoms with Gasteiger partial charge in [0, 0.05) is 19.8 Å². The molecule has 8 heteroatoms. The summed E-state index contributed by atoms with van der Waals surface area (Å²) in [5, 5.41) is 11.9. The Bertz CT molecular complexity index is 554. The van der Waals surface area contributed by atoms with Crippen molar-refractivity contribution in [1.29, 1.82) is 0 Å². The van der Waals surface area contributed by atoms with Crippen molar-refractivity contribution in [3.8, 4) is 0 Å². The molecule has 0 radical (unpaired) electrons. The van der Waals surface area contributed by atoms with Gasteiger partial charge in [-0.15, -0.1) is 0 Å². The van der Waals surface area contributed by atoms with Crippen molar-refractivity contribution in [2.24, 2.45) is 7.05 Å². The molecule has 1 aromatic heterocycles. The number of rotatable bonds is 2. The average molecular weight is 286 g/mol. The highest BCUT2D eigenvalue weighted by atomic mass is 35.5. The molecule has 0 saturated carbocycles. The van der Waals surface area contributed by atoms with Gasteiger partial charge in [0.25, 0.3) is 5.91 Å².